The van der Waals surface area contributed by atoms with E-state index in [1.165, 1.54) is 12.8 Å². The summed E-state index contributed by atoms with van der Waals surface area (Å²) < 4.78 is 37.5. The van der Waals surface area contributed by atoms with Gasteiger partial charge in [0.2, 0.25) is 0 Å². The smallest absolute Gasteiger partial charge is 1.00 e. The van der Waals surface area contributed by atoms with Crippen molar-refractivity contribution in [1.82, 2.24) is 0 Å². The standard InChI is InChI=1S/C8H18O5S.Li.H/c1-2-3-4-5-6-12-7-8-13-14(9,10)11;;/h2-8H2,1H3,(H,9,10,11);;/q;+1;-1. The summed E-state index contributed by atoms with van der Waals surface area (Å²) in [5.41, 5.74) is 0. The molecule has 0 radical (unpaired) electrons. The molecule has 0 saturated heterocycles. The van der Waals surface area contributed by atoms with E-state index in [0.29, 0.717) is 6.61 Å². The molecule has 0 unspecified atom stereocenters. The van der Waals surface area contributed by atoms with Crippen LogP contribution >= 0.6 is 0 Å². The number of hydrogen-bond acceptors (Lipinski definition) is 4. The molecule has 0 atom stereocenters. The largest absolute Gasteiger partial charge is 1.00 e. The first kappa shape index (κ1) is 17.8. The zero-order valence-electron chi connectivity index (χ0n) is 10.4. The van der Waals surface area contributed by atoms with E-state index in [2.05, 4.69) is 11.1 Å². The Hall–Kier alpha value is 0.427. The van der Waals surface area contributed by atoms with E-state index in [1.807, 2.05) is 0 Å². The summed E-state index contributed by atoms with van der Waals surface area (Å²) in [6, 6.07) is 0. The van der Waals surface area contributed by atoms with Gasteiger partial charge in [0.25, 0.3) is 0 Å². The van der Waals surface area contributed by atoms with Crippen LogP contribution in [0.4, 0.5) is 0 Å². The minimum Gasteiger partial charge on any atom is -1.00 e. The van der Waals surface area contributed by atoms with Gasteiger partial charge in [0, 0.05) is 6.61 Å². The minimum atomic E-state index is -4.31. The summed E-state index contributed by atoms with van der Waals surface area (Å²) in [5, 5.41) is 0. The minimum absolute atomic E-state index is 0. The van der Waals surface area contributed by atoms with Gasteiger partial charge in [-0.2, -0.15) is 8.42 Å². The first-order valence-electron chi connectivity index (χ1n) is 4.76. The summed E-state index contributed by atoms with van der Waals surface area (Å²) in [6.07, 6.45) is 4.45. The van der Waals surface area contributed by atoms with Crippen LogP contribution < -0.4 is 18.9 Å². The molecule has 0 saturated carbocycles. The van der Waals surface area contributed by atoms with E-state index in [4.69, 9.17) is 9.29 Å². The Kier molecular flexibility index (Phi) is 13.0. The van der Waals surface area contributed by atoms with Crippen molar-refractivity contribution in [1.29, 1.82) is 0 Å². The van der Waals surface area contributed by atoms with E-state index in [1.54, 1.807) is 0 Å². The zero-order valence-corrected chi connectivity index (χ0v) is 10.3. The predicted octanol–water partition coefficient (Wildman–Crippen LogP) is -1.48. The van der Waals surface area contributed by atoms with Crippen LogP contribution in [0.1, 0.15) is 34.0 Å². The van der Waals surface area contributed by atoms with E-state index >= 15 is 0 Å². The molecule has 7 heteroatoms. The molecule has 0 aromatic rings. The van der Waals surface area contributed by atoms with Crippen molar-refractivity contribution in [2.75, 3.05) is 19.8 Å². The maximum absolute atomic E-state index is 10.1. The van der Waals surface area contributed by atoms with Crippen LogP contribution in [0.15, 0.2) is 0 Å². The summed E-state index contributed by atoms with van der Waals surface area (Å²) in [6.45, 7) is 2.79. The number of hydrogen-bond donors (Lipinski definition) is 1. The Balaban J connectivity index is -0.000000845. The predicted molar refractivity (Wildman–Crippen MR) is 53.6 cm³/mol. The second kappa shape index (κ2) is 10.9. The van der Waals surface area contributed by atoms with Crippen molar-refractivity contribution in [2.45, 2.75) is 32.6 Å². The average Bonchev–Trinajstić information content (AvgIpc) is 2.08. The third kappa shape index (κ3) is 17.1. The SMILES string of the molecule is CCCCCCOCCOS(=O)(=O)O.[H-].[Li+]. The quantitative estimate of drug-likeness (QED) is 0.299. The first-order chi connectivity index (χ1) is 6.56. The van der Waals surface area contributed by atoms with Gasteiger partial charge in [0.1, 0.15) is 0 Å². The molecule has 88 valence electrons. The molecule has 0 amide bonds. The van der Waals surface area contributed by atoms with Crippen LogP contribution in [-0.2, 0) is 19.3 Å². The normalized spacial score (nSPS) is 11.1. The molecule has 0 aromatic heterocycles. The molecule has 0 rings (SSSR count). The second-order valence-corrected chi connectivity index (χ2v) is 4.01. The number of rotatable bonds is 9. The molecule has 0 aliphatic heterocycles. The maximum atomic E-state index is 10.1. The molecule has 1 N–H and O–H groups in total. The third-order valence-corrected chi connectivity index (χ3v) is 2.07. The van der Waals surface area contributed by atoms with Crippen LogP contribution in [0.2, 0.25) is 0 Å². The summed E-state index contributed by atoms with van der Waals surface area (Å²) in [7, 11) is -4.31. The molecule has 0 aliphatic carbocycles. The fraction of sp³-hybridized carbons (Fsp3) is 1.00. The topological polar surface area (TPSA) is 72.8 Å². The van der Waals surface area contributed by atoms with Crippen LogP contribution in [-0.4, -0.2) is 32.8 Å². The molecule has 0 heterocycles. The number of unbranched alkanes of at least 4 members (excludes halogenated alkanes) is 3. The van der Waals surface area contributed by atoms with Crippen molar-refractivity contribution < 1.29 is 42.2 Å². The van der Waals surface area contributed by atoms with Gasteiger partial charge >= 0.3 is 29.3 Å². The molecular formula is C8H19LiO5S. The van der Waals surface area contributed by atoms with Gasteiger partial charge in [-0.05, 0) is 6.42 Å². The van der Waals surface area contributed by atoms with Crippen LogP contribution in [0.25, 0.3) is 0 Å². The molecule has 0 fully saturated rings. The van der Waals surface area contributed by atoms with Crippen molar-refractivity contribution >= 4 is 10.4 Å². The Morgan fingerprint density at radius 3 is 2.33 bits per heavy atom. The Bertz CT molecular complexity index is 222. The molecule has 0 aliphatic rings. The monoisotopic (exact) mass is 234 g/mol. The average molecular weight is 234 g/mol. The van der Waals surface area contributed by atoms with E-state index in [9.17, 15) is 8.42 Å². The Morgan fingerprint density at radius 1 is 1.13 bits per heavy atom. The van der Waals surface area contributed by atoms with Gasteiger partial charge in [-0.25, -0.2) is 4.18 Å². The van der Waals surface area contributed by atoms with Crippen LogP contribution in [0.3, 0.4) is 0 Å². The van der Waals surface area contributed by atoms with Crippen molar-refractivity contribution in [3.8, 4) is 0 Å². The van der Waals surface area contributed by atoms with Gasteiger partial charge in [-0.1, -0.05) is 26.2 Å². The van der Waals surface area contributed by atoms with Crippen molar-refractivity contribution in [3.05, 3.63) is 0 Å². The first-order valence-corrected chi connectivity index (χ1v) is 6.12. The van der Waals surface area contributed by atoms with Gasteiger partial charge in [-0.3, -0.25) is 4.55 Å². The van der Waals surface area contributed by atoms with Gasteiger partial charge in [0.05, 0.1) is 13.2 Å². The van der Waals surface area contributed by atoms with Gasteiger partial charge in [0.15, 0.2) is 0 Å². The van der Waals surface area contributed by atoms with E-state index in [0.717, 1.165) is 12.8 Å². The van der Waals surface area contributed by atoms with Crippen molar-refractivity contribution in [3.63, 3.8) is 0 Å². The maximum Gasteiger partial charge on any atom is 1.00 e. The van der Waals surface area contributed by atoms with Gasteiger partial charge in [-0.15, -0.1) is 0 Å². The molecule has 0 spiro atoms. The summed E-state index contributed by atoms with van der Waals surface area (Å²) in [4.78, 5) is 0. The van der Waals surface area contributed by atoms with Crippen LogP contribution in [0, 0.1) is 0 Å². The molecule has 0 aromatic carbocycles. The molecular weight excluding hydrogens is 215 g/mol. The fourth-order valence-corrected chi connectivity index (χ4v) is 1.21. The molecule has 0 bridgehead atoms. The van der Waals surface area contributed by atoms with Gasteiger partial charge < -0.3 is 6.16 Å². The summed E-state index contributed by atoms with van der Waals surface area (Å²) >= 11 is 0. The van der Waals surface area contributed by atoms with Crippen molar-refractivity contribution in [2.24, 2.45) is 0 Å². The van der Waals surface area contributed by atoms with Crippen LogP contribution in [0.5, 0.6) is 0 Å². The Morgan fingerprint density at radius 2 is 1.80 bits per heavy atom. The number of ether oxygens (including phenoxy) is 1. The zero-order chi connectivity index (χ0) is 10.9. The van der Waals surface area contributed by atoms with E-state index in [-0.39, 0.29) is 33.5 Å². The molecule has 5 nitrogen and oxygen atoms in total. The second-order valence-electron chi connectivity index (χ2n) is 2.92. The fourth-order valence-electron chi connectivity index (χ4n) is 0.931. The Labute approximate surface area is 105 Å². The van der Waals surface area contributed by atoms with E-state index < -0.39 is 10.4 Å². The third-order valence-electron chi connectivity index (χ3n) is 1.60. The summed E-state index contributed by atoms with van der Waals surface area (Å²) in [5.74, 6) is 0. The molecule has 15 heavy (non-hydrogen) atoms.